The number of rotatable bonds is 4. The van der Waals surface area contributed by atoms with Gasteiger partial charge in [0.2, 0.25) is 0 Å². The maximum atomic E-state index is 12.4. The van der Waals surface area contributed by atoms with Gasteiger partial charge >= 0.3 is 0 Å². The molecule has 0 unspecified atom stereocenters. The Morgan fingerprint density at radius 3 is 2.56 bits per heavy atom. The number of hydrogen-bond donors (Lipinski definition) is 0. The molecule has 98 valence electrons. The first-order chi connectivity index (χ1) is 8.63. The molecule has 1 aromatic carbocycles. The molecule has 5 heteroatoms. The average Bonchev–Trinajstić information content (AvgIpc) is 2.29. The van der Waals surface area contributed by atoms with Gasteiger partial charge in [-0.1, -0.05) is 39.1 Å². The molecule has 1 fully saturated rings. The Bertz CT molecular complexity index is 449. The summed E-state index contributed by atoms with van der Waals surface area (Å²) >= 11 is 15.2. The third kappa shape index (κ3) is 3.01. The number of amides is 1. The van der Waals surface area contributed by atoms with Crippen LogP contribution in [0, 0.1) is 0 Å². The molecular formula is C13H14BrCl2NO. The van der Waals surface area contributed by atoms with Crippen LogP contribution in [0.25, 0.3) is 0 Å². The fourth-order valence-corrected chi connectivity index (χ4v) is 2.71. The van der Waals surface area contributed by atoms with E-state index in [1.807, 2.05) is 4.90 Å². The van der Waals surface area contributed by atoms with Crippen molar-refractivity contribution >= 4 is 45.0 Å². The summed E-state index contributed by atoms with van der Waals surface area (Å²) in [5, 5.41) is 1.69. The van der Waals surface area contributed by atoms with Gasteiger partial charge in [0.05, 0.1) is 10.0 Å². The van der Waals surface area contributed by atoms with Gasteiger partial charge < -0.3 is 4.90 Å². The van der Waals surface area contributed by atoms with Crippen LogP contribution in [0.5, 0.6) is 0 Å². The molecule has 0 heterocycles. The summed E-state index contributed by atoms with van der Waals surface area (Å²) in [6.07, 6.45) is 3.40. The molecule has 1 aliphatic rings. The highest BCUT2D eigenvalue weighted by Gasteiger charge is 2.28. The van der Waals surface area contributed by atoms with E-state index in [0.29, 0.717) is 21.7 Å². The maximum absolute atomic E-state index is 12.4. The highest BCUT2D eigenvalue weighted by Crippen LogP contribution is 2.28. The van der Waals surface area contributed by atoms with Crippen LogP contribution in [0.15, 0.2) is 18.2 Å². The van der Waals surface area contributed by atoms with E-state index >= 15 is 0 Å². The first-order valence-corrected chi connectivity index (χ1v) is 7.83. The second-order valence-corrected chi connectivity index (χ2v) is 6.01. The predicted molar refractivity (Wildman–Crippen MR) is 78.9 cm³/mol. The SMILES string of the molecule is O=C(c1ccc(Cl)c(Cl)c1)N(CCBr)C1CCC1. The Morgan fingerprint density at radius 2 is 2.06 bits per heavy atom. The van der Waals surface area contributed by atoms with Crippen LogP contribution in [-0.2, 0) is 0 Å². The van der Waals surface area contributed by atoms with E-state index < -0.39 is 0 Å². The molecule has 0 saturated heterocycles. The average molecular weight is 351 g/mol. The lowest BCUT2D eigenvalue weighted by Gasteiger charge is -2.37. The summed E-state index contributed by atoms with van der Waals surface area (Å²) < 4.78 is 0. The molecule has 0 N–H and O–H groups in total. The minimum atomic E-state index is 0.0396. The molecule has 1 amide bonds. The number of alkyl halides is 1. The fourth-order valence-electron chi connectivity index (χ4n) is 2.03. The number of carbonyl (C=O) groups excluding carboxylic acids is 1. The quantitative estimate of drug-likeness (QED) is 0.738. The van der Waals surface area contributed by atoms with E-state index in [4.69, 9.17) is 23.2 Å². The Balaban J connectivity index is 2.18. The summed E-state index contributed by atoms with van der Waals surface area (Å²) in [5.41, 5.74) is 0.609. The molecule has 0 aliphatic heterocycles. The van der Waals surface area contributed by atoms with E-state index in [0.717, 1.165) is 24.7 Å². The Hall–Kier alpha value is -0.250. The Morgan fingerprint density at radius 1 is 1.33 bits per heavy atom. The van der Waals surface area contributed by atoms with Crippen molar-refractivity contribution in [3.63, 3.8) is 0 Å². The zero-order valence-corrected chi connectivity index (χ0v) is 12.9. The third-order valence-electron chi connectivity index (χ3n) is 3.27. The first kappa shape index (κ1) is 14.2. The maximum Gasteiger partial charge on any atom is 0.254 e. The van der Waals surface area contributed by atoms with Gasteiger partial charge in [-0.15, -0.1) is 0 Å². The van der Waals surface area contributed by atoms with E-state index in [1.165, 1.54) is 6.42 Å². The first-order valence-electron chi connectivity index (χ1n) is 5.95. The van der Waals surface area contributed by atoms with Gasteiger partial charge in [-0.3, -0.25) is 4.79 Å². The topological polar surface area (TPSA) is 20.3 Å². The minimum absolute atomic E-state index is 0.0396. The van der Waals surface area contributed by atoms with Gasteiger partial charge in [0.1, 0.15) is 0 Å². The number of benzene rings is 1. The number of hydrogen-bond acceptors (Lipinski definition) is 1. The van der Waals surface area contributed by atoms with Crippen molar-refractivity contribution in [2.75, 3.05) is 11.9 Å². The third-order valence-corrected chi connectivity index (χ3v) is 4.36. The van der Waals surface area contributed by atoms with Gasteiger partial charge in [-0.05, 0) is 37.5 Å². The molecule has 0 bridgehead atoms. The molecule has 2 rings (SSSR count). The lowest BCUT2D eigenvalue weighted by Crippen LogP contribution is -2.45. The smallest absolute Gasteiger partial charge is 0.254 e. The zero-order chi connectivity index (χ0) is 13.1. The van der Waals surface area contributed by atoms with Crippen molar-refractivity contribution in [2.45, 2.75) is 25.3 Å². The van der Waals surface area contributed by atoms with Crippen molar-refractivity contribution in [1.29, 1.82) is 0 Å². The fraction of sp³-hybridized carbons (Fsp3) is 0.462. The Labute approximate surface area is 125 Å². The van der Waals surface area contributed by atoms with Gasteiger partial charge in [-0.2, -0.15) is 0 Å². The van der Waals surface area contributed by atoms with E-state index in [2.05, 4.69) is 15.9 Å². The number of carbonyl (C=O) groups is 1. The van der Waals surface area contributed by atoms with Gasteiger partial charge in [0, 0.05) is 23.5 Å². The monoisotopic (exact) mass is 349 g/mol. The summed E-state index contributed by atoms with van der Waals surface area (Å²) in [5.74, 6) is 0.0396. The standard InChI is InChI=1S/C13H14BrCl2NO/c14-6-7-17(10-2-1-3-10)13(18)9-4-5-11(15)12(16)8-9/h4-5,8,10H,1-3,6-7H2. The van der Waals surface area contributed by atoms with Crippen LogP contribution in [-0.4, -0.2) is 28.7 Å². The summed E-state index contributed by atoms with van der Waals surface area (Å²) in [4.78, 5) is 14.4. The Kier molecular flexibility index (Phi) is 4.93. The van der Waals surface area contributed by atoms with Crippen LogP contribution in [0.1, 0.15) is 29.6 Å². The van der Waals surface area contributed by atoms with Gasteiger partial charge in [-0.25, -0.2) is 0 Å². The van der Waals surface area contributed by atoms with E-state index in [9.17, 15) is 4.79 Å². The van der Waals surface area contributed by atoms with Crippen molar-refractivity contribution in [1.82, 2.24) is 4.90 Å². The van der Waals surface area contributed by atoms with Crippen LogP contribution < -0.4 is 0 Å². The second-order valence-electron chi connectivity index (χ2n) is 4.40. The lowest BCUT2D eigenvalue weighted by molar-refractivity contribution is 0.0599. The molecule has 0 atom stereocenters. The van der Waals surface area contributed by atoms with Crippen molar-refractivity contribution in [3.05, 3.63) is 33.8 Å². The number of halogens is 3. The molecule has 18 heavy (non-hydrogen) atoms. The molecule has 0 spiro atoms. The summed E-state index contributed by atoms with van der Waals surface area (Å²) in [6.45, 7) is 0.726. The van der Waals surface area contributed by atoms with Crippen LogP contribution in [0.3, 0.4) is 0 Å². The van der Waals surface area contributed by atoms with Crippen LogP contribution >= 0.6 is 39.1 Å². The zero-order valence-electron chi connectivity index (χ0n) is 9.83. The van der Waals surface area contributed by atoms with E-state index in [-0.39, 0.29) is 5.91 Å². The highest BCUT2D eigenvalue weighted by molar-refractivity contribution is 9.09. The molecule has 1 aromatic rings. The van der Waals surface area contributed by atoms with Crippen LogP contribution in [0.4, 0.5) is 0 Å². The van der Waals surface area contributed by atoms with Crippen molar-refractivity contribution < 1.29 is 4.79 Å². The molecule has 2 nitrogen and oxygen atoms in total. The summed E-state index contributed by atoms with van der Waals surface area (Å²) in [7, 11) is 0. The van der Waals surface area contributed by atoms with E-state index in [1.54, 1.807) is 18.2 Å². The normalized spacial score (nSPS) is 15.3. The largest absolute Gasteiger partial charge is 0.335 e. The molecule has 0 radical (unpaired) electrons. The number of nitrogens with zero attached hydrogens (tertiary/aromatic N) is 1. The van der Waals surface area contributed by atoms with Crippen LogP contribution in [0.2, 0.25) is 10.0 Å². The lowest BCUT2D eigenvalue weighted by atomic mass is 9.91. The minimum Gasteiger partial charge on any atom is -0.335 e. The van der Waals surface area contributed by atoms with Crippen molar-refractivity contribution in [2.24, 2.45) is 0 Å². The predicted octanol–water partition coefficient (Wildman–Crippen LogP) is 4.38. The molecule has 0 aromatic heterocycles. The molecular weight excluding hydrogens is 337 g/mol. The van der Waals surface area contributed by atoms with Gasteiger partial charge in [0.15, 0.2) is 0 Å². The second kappa shape index (κ2) is 6.27. The highest BCUT2D eigenvalue weighted by atomic mass is 79.9. The molecule has 1 saturated carbocycles. The molecule has 1 aliphatic carbocycles. The van der Waals surface area contributed by atoms with Gasteiger partial charge in [0.25, 0.3) is 5.91 Å². The van der Waals surface area contributed by atoms with Crippen molar-refractivity contribution in [3.8, 4) is 0 Å². The summed E-state index contributed by atoms with van der Waals surface area (Å²) in [6, 6.07) is 5.43.